The van der Waals surface area contributed by atoms with Crippen molar-refractivity contribution in [1.29, 1.82) is 0 Å². The maximum atomic E-state index is 5.36. The third-order valence-corrected chi connectivity index (χ3v) is 3.05. The fourth-order valence-corrected chi connectivity index (χ4v) is 2.06. The van der Waals surface area contributed by atoms with E-state index in [-0.39, 0.29) is 6.04 Å². The van der Waals surface area contributed by atoms with Crippen LogP contribution in [0.15, 0.2) is 45.1 Å². The Morgan fingerprint density at radius 1 is 1.16 bits per heavy atom. The topological polar surface area (TPSA) is 50.8 Å². The van der Waals surface area contributed by atoms with E-state index in [1.54, 1.807) is 0 Å². The van der Waals surface area contributed by atoms with E-state index in [1.807, 2.05) is 37.3 Å². The van der Waals surface area contributed by atoms with Crippen LogP contribution in [-0.4, -0.2) is 5.16 Å². The molecule has 4 nitrogen and oxygen atoms in total. The molecule has 0 radical (unpaired) electrons. The van der Waals surface area contributed by atoms with Crippen LogP contribution >= 0.6 is 0 Å². The van der Waals surface area contributed by atoms with Gasteiger partial charge in [0.25, 0.3) is 0 Å². The first-order valence-electron chi connectivity index (χ1n) is 6.69. The fraction of sp³-hybridized carbons (Fsp3) is 0.400. The second-order valence-corrected chi connectivity index (χ2v) is 4.40. The first kappa shape index (κ1) is 13.5. The Hall–Kier alpha value is -1.97. The first-order chi connectivity index (χ1) is 9.26. The average molecular weight is 257 g/mol. The SMILES string of the molecule is CCc1noc(CC)c1C(C)N=Nc1ccccc1. The quantitative estimate of drug-likeness (QED) is 0.732. The lowest BCUT2D eigenvalue weighted by molar-refractivity contribution is 0.379. The highest BCUT2D eigenvalue weighted by Crippen LogP contribution is 2.27. The number of nitrogens with zero attached hydrogens (tertiary/aromatic N) is 3. The summed E-state index contributed by atoms with van der Waals surface area (Å²) in [5.74, 6) is 0.913. The molecule has 2 aromatic rings. The Labute approximate surface area is 113 Å². The molecule has 0 fully saturated rings. The molecule has 0 amide bonds. The van der Waals surface area contributed by atoms with Crippen LogP contribution in [0.5, 0.6) is 0 Å². The minimum absolute atomic E-state index is 0.0312. The van der Waals surface area contributed by atoms with E-state index in [4.69, 9.17) is 4.52 Å². The Bertz CT molecular complexity index is 524. The summed E-state index contributed by atoms with van der Waals surface area (Å²) in [6, 6.07) is 9.71. The van der Waals surface area contributed by atoms with Gasteiger partial charge in [0.1, 0.15) is 5.76 Å². The highest BCUT2D eigenvalue weighted by molar-refractivity contribution is 5.35. The Morgan fingerprint density at radius 2 is 1.89 bits per heavy atom. The summed E-state index contributed by atoms with van der Waals surface area (Å²) >= 11 is 0. The van der Waals surface area contributed by atoms with E-state index in [0.717, 1.165) is 35.5 Å². The van der Waals surface area contributed by atoms with Gasteiger partial charge in [-0.15, -0.1) is 0 Å². The summed E-state index contributed by atoms with van der Waals surface area (Å²) in [7, 11) is 0. The van der Waals surface area contributed by atoms with Crippen molar-refractivity contribution in [3.8, 4) is 0 Å². The van der Waals surface area contributed by atoms with E-state index < -0.39 is 0 Å². The van der Waals surface area contributed by atoms with Crippen molar-refractivity contribution in [2.75, 3.05) is 0 Å². The molecule has 0 aliphatic carbocycles. The third-order valence-electron chi connectivity index (χ3n) is 3.05. The van der Waals surface area contributed by atoms with Gasteiger partial charge in [-0.05, 0) is 25.5 Å². The van der Waals surface area contributed by atoms with Crippen LogP contribution in [-0.2, 0) is 12.8 Å². The van der Waals surface area contributed by atoms with Gasteiger partial charge in [-0.25, -0.2) is 0 Å². The molecule has 0 aliphatic rings. The van der Waals surface area contributed by atoms with Gasteiger partial charge in [-0.1, -0.05) is 37.2 Å². The highest BCUT2D eigenvalue weighted by Gasteiger charge is 2.19. The summed E-state index contributed by atoms with van der Waals surface area (Å²) in [4.78, 5) is 0. The van der Waals surface area contributed by atoms with E-state index in [9.17, 15) is 0 Å². The lowest BCUT2D eigenvalue weighted by Crippen LogP contribution is -1.96. The molecule has 100 valence electrons. The lowest BCUT2D eigenvalue weighted by Gasteiger charge is -2.05. The zero-order chi connectivity index (χ0) is 13.7. The van der Waals surface area contributed by atoms with Crippen LogP contribution in [0.4, 0.5) is 5.69 Å². The minimum atomic E-state index is -0.0312. The Morgan fingerprint density at radius 3 is 2.53 bits per heavy atom. The average Bonchev–Trinajstić information content (AvgIpc) is 2.89. The van der Waals surface area contributed by atoms with E-state index in [2.05, 4.69) is 29.2 Å². The normalized spacial score (nSPS) is 13.0. The van der Waals surface area contributed by atoms with Crippen molar-refractivity contribution < 1.29 is 4.52 Å². The summed E-state index contributed by atoms with van der Waals surface area (Å²) in [5.41, 5.74) is 2.93. The molecule has 1 aromatic carbocycles. The molecule has 2 rings (SSSR count). The van der Waals surface area contributed by atoms with Gasteiger partial charge in [0.15, 0.2) is 0 Å². The molecule has 0 aliphatic heterocycles. The van der Waals surface area contributed by atoms with Crippen LogP contribution in [0.3, 0.4) is 0 Å². The molecule has 1 atom stereocenters. The fourth-order valence-electron chi connectivity index (χ4n) is 2.06. The third kappa shape index (κ3) is 3.08. The van der Waals surface area contributed by atoms with Crippen molar-refractivity contribution in [1.82, 2.24) is 5.16 Å². The number of aryl methyl sites for hydroxylation is 2. The molecule has 0 saturated carbocycles. The smallest absolute Gasteiger partial charge is 0.142 e. The zero-order valence-corrected chi connectivity index (χ0v) is 11.6. The van der Waals surface area contributed by atoms with Gasteiger partial charge < -0.3 is 4.52 Å². The van der Waals surface area contributed by atoms with Crippen LogP contribution in [0.2, 0.25) is 0 Å². The van der Waals surface area contributed by atoms with Crippen LogP contribution in [0, 0.1) is 0 Å². The summed E-state index contributed by atoms with van der Waals surface area (Å²) in [6.07, 6.45) is 1.68. The maximum Gasteiger partial charge on any atom is 0.142 e. The summed E-state index contributed by atoms with van der Waals surface area (Å²) in [6.45, 7) is 6.16. The number of benzene rings is 1. The zero-order valence-electron chi connectivity index (χ0n) is 11.6. The minimum Gasteiger partial charge on any atom is -0.361 e. The molecule has 0 saturated heterocycles. The summed E-state index contributed by atoms with van der Waals surface area (Å²) < 4.78 is 5.36. The van der Waals surface area contributed by atoms with Gasteiger partial charge in [-0.3, -0.25) is 0 Å². The van der Waals surface area contributed by atoms with Crippen LogP contribution in [0.1, 0.15) is 43.8 Å². The first-order valence-corrected chi connectivity index (χ1v) is 6.69. The van der Waals surface area contributed by atoms with Crippen LogP contribution < -0.4 is 0 Å². The van der Waals surface area contributed by atoms with Gasteiger partial charge >= 0.3 is 0 Å². The van der Waals surface area contributed by atoms with Gasteiger partial charge in [0.05, 0.1) is 17.4 Å². The van der Waals surface area contributed by atoms with Gasteiger partial charge in [0, 0.05) is 12.0 Å². The molecule has 1 unspecified atom stereocenters. The molecule has 0 bridgehead atoms. The second-order valence-electron chi connectivity index (χ2n) is 4.40. The predicted molar refractivity (Wildman–Crippen MR) is 74.6 cm³/mol. The van der Waals surface area contributed by atoms with Crippen molar-refractivity contribution in [3.05, 3.63) is 47.3 Å². The van der Waals surface area contributed by atoms with Crippen molar-refractivity contribution >= 4 is 5.69 Å². The van der Waals surface area contributed by atoms with Crippen molar-refractivity contribution in [2.45, 2.75) is 39.7 Å². The molecule has 1 heterocycles. The molecule has 1 aromatic heterocycles. The number of hydrogen-bond donors (Lipinski definition) is 0. The lowest BCUT2D eigenvalue weighted by atomic mass is 10.0. The number of aromatic nitrogens is 1. The molecule has 19 heavy (non-hydrogen) atoms. The molecule has 4 heteroatoms. The monoisotopic (exact) mass is 257 g/mol. The molecule has 0 N–H and O–H groups in total. The molecular formula is C15H19N3O. The van der Waals surface area contributed by atoms with E-state index >= 15 is 0 Å². The Kier molecular flexibility index (Phi) is 4.44. The molecule has 0 spiro atoms. The predicted octanol–water partition coefficient (Wildman–Crippen LogP) is 4.64. The van der Waals surface area contributed by atoms with Crippen LogP contribution in [0.25, 0.3) is 0 Å². The summed E-state index contributed by atoms with van der Waals surface area (Å²) in [5, 5.41) is 12.8. The van der Waals surface area contributed by atoms with Crippen molar-refractivity contribution in [3.63, 3.8) is 0 Å². The van der Waals surface area contributed by atoms with E-state index in [1.165, 1.54) is 0 Å². The van der Waals surface area contributed by atoms with E-state index in [0.29, 0.717) is 0 Å². The highest BCUT2D eigenvalue weighted by atomic mass is 16.5. The standard InChI is InChI=1S/C15H19N3O/c1-4-13-15(14(5-2)19-18-13)11(3)16-17-12-9-7-6-8-10-12/h6-11H,4-5H2,1-3H3. The maximum absolute atomic E-state index is 5.36. The Balaban J connectivity index is 2.22. The number of azo groups is 1. The van der Waals surface area contributed by atoms with Gasteiger partial charge in [0.2, 0.25) is 0 Å². The number of hydrogen-bond acceptors (Lipinski definition) is 4. The number of rotatable bonds is 5. The van der Waals surface area contributed by atoms with Gasteiger partial charge in [-0.2, -0.15) is 10.2 Å². The second kappa shape index (κ2) is 6.27. The molecular weight excluding hydrogens is 238 g/mol. The van der Waals surface area contributed by atoms with Crippen molar-refractivity contribution in [2.24, 2.45) is 10.2 Å². The largest absolute Gasteiger partial charge is 0.361 e.